The largest absolute Gasteiger partial charge is 0.506 e. The number of allylic oxidation sites excluding steroid dienone is 1. The molecule has 0 radical (unpaired) electrons. The van der Waals surface area contributed by atoms with Crippen LogP contribution in [0.15, 0.2) is 48.2 Å². The second kappa shape index (κ2) is 9.24. The number of aromatic amines is 1. The molecule has 0 saturated carbocycles. The average Bonchev–Trinajstić information content (AvgIpc) is 3.12. The summed E-state index contributed by atoms with van der Waals surface area (Å²) in [5, 5.41) is 20.0. The Morgan fingerprint density at radius 3 is 2.70 bits per heavy atom. The van der Waals surface area contributed by atoms with E-state index in [2.05, 4.69) is 14.7 Å². The van der Waals surface area contributed by atoms with Crippen LogP contribution in [0.3, 0.4) is 0 Å². The molecule has 0 saturated heterocycles. The van der Waals surface area contributed by atoms with Gasteiger partial charge in [0.1, 0.15) is 24.7 Å². The van der Waals surface area contributed by atoms with Crippen LogP contribution in [0.25, 0.3) is 16.6 Å². The summed E-state index contributed by atoms with van der Waals surface area (Å²) >= 11 is 0. The lowest BCUT2D eigenvalue weighted by Crippen LogP contribution is -3.07. The third kappa shape index (κ3) is 4.85. The number of likely N-dealkylation sites (N-methyl/N-ethyl adjacent to an activating group) is 1. The molecule has 30 heavy (non-hydrogen) atoms. The fourth-order valence-corrected chi connectivity index (χ4v) is 3.13. The van der Waals surface area contributed by atoms with Gasteiger partial charge in [0.05, 0.1) is 25.2 Å². The van der Waals surface area contributed by atoms with Crippen molar-refractivity contribution >= 4 is 16.6 Å². The molecule has 1 heterocycles. The Hall–Kier alpha value is -3.64. The van der Waals surface area contributed by atoms with Crippen LogP contribution in [-0.2, 0) is 6.54 Å². The molecular formula is C21H21F2N4O3+. The average molecular weight is 415 g/mol. The maximum atomic E-state index is 12.5. The fraction of sp³-hybridized carbons (Fsp3) is 0.238. The van der Waals surface area contributed by atoms with Crippen LogP contribution in [0, 0.1) is 11.3 Å². The highest BCUT2D eigenvalue weighted by Gasteiger charge is 2.18. The molecule has 7 nitrogen and oxygen atoms in total. The summed E-state index contributed by atoms with van der Waals surface area (Å²) in [5.74, 6) is 0.353. The summed E-state index contributed by atoms with van der Waals surface area (Å²) in [4.78, 5) is 8.25. The lowest BCUT2D eigenvalue weighted by molar-refractivity contribution is -0.890. The second-order valence-electron chi connectivity index (χ2n) is 6.71. The predicted octanol–water partition coefficient (Wildman–Crippen LogP) is 2.68. The lowest BCUT2D eigenvalue weighted by atomic mass is 10.1. The summed E-state index contributed by atoms with van der Waals surface area (Å²) in [5.41, 5.74) is 2.34. The number of aliphatic hydroxyl groups excluding tert-OH is 1. The summed E-state index contributed by atoms with van der Waals surface area (Å²) < 4.78 is 34.5. The zero-order valence-electron chi connectivity index (χ0n) is 16.4. The van der Waals surface area contributed by atoms with Crippen molar-refractivity contribution in [2.24, 2.45) is 0 Å². The molecule has 1 atom stereocenters. The number of alkyl halides is 2. The number of halogens is 2. The number of aromatic nitrogens is 2. The molecule has 0 aliphatic heterocycles. The Morgan fingerprint density at radius 1 is 1.27 bits per heavy atom. The van der Waals surface area contributed by atoms with Gasteiger partial charge in [-0.25, -0.2) is 4.98 Å². The van der Waals surface area contributed by atoms with E-state index in [0.717, 1.165) is 16.0 Å². The van der Waals surface area contributed by atoms with E-state index in [9.17, 15) is 19.1 Å². The van der Waals surface area contributed by atoms with Gasteiger partial charge in [-0.3, -0.25) is 0 Å². The van der Waals surface area contributed by atoms with E-state index in [0.29, 0.717) is 17.9 Å². The van der Waals surface area contributed by atoms with E-state index in [-0.39, 0.29) is 29.4 Å². The van der Waals surface area contributed by atoms with Crippen LogP contribution in [0.5, 0.6) is 11.5 Å². The number of imidazole rings is 1. The molecule has 2 aromatic carbocycles. The number of H-pyrrole nitrogens is 1. The number of quaternary nitrogens is 1. The predicted molar refractivity (Wildman–Crippen MR) is 106 cm³/mol. The minimum absolute atomic E-state index is 0.0479. The monoisotopic (exact) mass is 415 g/mol. The number of hydrogen-bond acceptors (Lipinski definition) is 5. The van der Waals surface area contributed by atoms with Gasteiger partial charge in [-0.2, -0.15) is 14.0 Å². The number of nitrogens with zero attached hydrogens (tertiary/aromatic N) is 2. The normalized spacial score (nSPS) is 13.1. The summed E-state index contributed by atoms with van der Waals surface area (Å²) in [7, 11) is 3.20. The maximum absolute atomic E-state index is 12.5. The van der Waals surface area contributed by atoms with Crippen LogP contribution in [-0.4, -0.2) is 42.4 Å². The minimum Gasteiger partial charge on any atom is -0.506 e. The van der Waals surface area contributed by atoms with Crippen molar-refractivity contribution in [1.82, 2.24) is 9.97 Å². The highest BCUT2D eigenvalue weighted by atomic mass is 19.3. The van der Waals surface area contributed by atoms with Crippen molar-refractivity contribution in [2.75, 3.05) is 20.7 Å². The van der Waals surface area contributed by atoms with Crippen molar-refractivity contribution in [3.8, 4) is 17.6 Å². The number of nitrogens with one attached hydrogen (secondary N) is 2. The van der Waals surface area contributed by atoms with Crippen LogP contribution in [0.4, 0.5) is 8.78 Å². The number of para-hydroxylation sites is 2. The molecule has 0 fully saturated rings. The molecule has 156 valence electrons. The number of rotatable bonds is 8. The SMILES string of the molecule is COc1cc(C[NH+](C)C/C(O)=C(\C#N)c2nc3ccccc3[nH]2)ccc1OC(F)F. The molecule has 0 spiro atoms. The van der Waals surface area contributed by atoms with E-state index < -0.39 is 6.61 Å². The van der Waals surface area contributed by atoms with E-state index in [1.54, 1.807) is 12.1 Å². The van der Waals surface area contributed by atoms with E-state index in [1.807, 2.05) is 37.4 Å². The smallest absolute Gasteiger partial charge is 0.387 e. The molecule has 0 amide bonds. The van der Waals surface area contributed by atoms with Crippen LogP contribution < -0.4 is 14.4 Å². The van der Waals surface area contributed by atoms with Gasteiger partial charge in [-0.15, -0.1) is 0 Å². The number of methoxy groups -OCH3 is 1. The third-order valence-electron chi connectivity index (χ3n) is 4.45. The Labute approximate surface area is 171 Å². The first-order valence-electron chi connectivity index (χ1n) is 9.11. The Kier molecular flexibility index (Phi) is 6.49. The Balaban J connectivity index is 1.75. The van der Waals surface area contributed by atoms with Gasteiger partial charge in [0.25, 0.3) is 0 Å². The number of ether oxygens (including phenoxy) is 2. The molecule has 0 aliphatic carbocycles. The molecule has 0 aliphatic rings. The molecule has 9 heteroatoms. The summed E-state index contributed by atoms with van der Waals surface area (Å²) in [6.07, 6.45) is 0. The topological polar surface area (TPSA) is 95.6 Å². The molecular weight excluding hydrogens is 394 g/mol. The van der Waals surface area contributed by atoms with E-state index in [1.165, 1.54) is 13.2 Å². The third-order valence-corrected chi connectivity index (χ3v) is 4.45. The number of aliphatic hydroxyl groups is 1. The van der Waals surface area contributed by atoms with Gasteiger partial charge < -0.3 is 24.5 Å². The zero-order chi connectivity index (χ0) is 21.7. The van der Waals surface area contributed by atoms with Crippen LogP contribution in [0.2, 0.25) is 0 Å². The molecule has 0 bridgehead atoms. The zero-order valence-corrected chi connectivity index (χ0v) is 16.4. The van der Waals surface area contributed by atoms with Crippen LogP contribution in [0.1, 0.15) is 11.4 Å². The molecule has 3 N–H and O–H groups in total. The van der Waals surface area contributed by atoms with E-state index >= 15 is 0 Å². The first-order valence-corrected chi connectivity index (χ1v) is 9.11. The summed E-state index contributed by atoms with van der Waals surface area (Å²) in [6.45, 7) is -2.33. The second-order valence-corrected chi connectivity index (χ2v) is 6.71. The van der Waals surface area contributed by atoms with Gasteiger partial charge in [0.15, 0.2) is 23.1 Å². The molecule has 1 aromatic heterocycles. The van der Waals surface area contributed by atoms with Gasteiger partial charge in [-0.1, -0.05) is 12.1 Å². The molecule has 3 rings (SSSR count). The standard InChI is InChI=1S/C21H20F2N4O3/c1-27(11-13-7-8-18(30-21(22)23)19(9-13)29-2)12-17(28)14(10-24)20-25-15-5-3-4-6-16(15)26-20/h3-9,21,28H,11-12H2,1-2H3,(H,25,26)/p+1/b17-14-. The first kappa shape index (κ1) is 21.1. The fourth-order valence-electron chi connectivity index (χ4n) is 3.13. The molecule has 1 unspecified atom stereocenters. The lowest BCUT2D eigenvalue weighted by Gasteiger charge is -2.16. The highest BCUT2D eigenvalue weighted by Crippen LogP contribution is 2.29. The number of nitriles is 1. The Bertz CT molecular complexity index is 1070. The molecule has 3 aromatic rings. The van der Waals surface area contributed by atoms with Crippen molar-refractivity contribution in [1.29, 1.82) is 5.26 Å². The van der Waals surface area contributed by atoms with Gasteiger partial charge >= 0.3 is 6.61 Å². The van der Waals surface area contributed by atoms with Crippen molar-refractivity contribution in [3.05, 3.63) is 59.6 Å². The Morgan fingerprint density at radius 2 is 2.03 bits per heavy atom. The maximum Gasteiger partial charge on any atom is 0.387 e. The number of hydrogen-bond donors (Lipinski definition) is 3. The number of benzene rings is 2. The quantitative estimate of drug-likeness (QED) is 0.388. The van der Waals surface area contributed by atoms with Gasteiger partial charge in [-0.05, 0) is 30.3 Å². The minimum atomic E-state index is -2.94. The van der Waals surface area contributed by atoms with Crippen molar-refractivity contribution < 1.29 is 28.3 Å². The first-order chi connectivity index (χ1) is 14.4. The van der Waals surface area contributed by atoms with Crippen LogP contribution >= 0.6 is 0 Å². The summed E-state index contributed by atoms with van der Waals surface area (Å²) in [6, 6.07) is 14.0. The number of fused-ring (bicyclic) bond motifs is 1. The highest BCUT2D eigenvalue weighted by molar-refractivity contribution is 5.82. The van der Waals surface area contributed by atoms with E-state index in [4.69, 9.17) is 4.74 Å². The van der Waals surface area contributed by atoms with Crippen molar-refractivity contribution in [2.45, 2.75) is 13.2 Å². The van der Waals surface area contributed by atoms with Crippen molar-refractivity contribution in [3.63, 3.8) is 0 Å². The van der Waals surface area contributed by atoms with Gasteiger partial charge in [0.2, 0.25) is 0 Å². The van der Waals surface area contributed by atoms with Gasteiger partial charge in [0, 0.05) is 5.56 Å².